The lowest BCUT2D eigenvalue weighted by molar-refractivity contribution is -0.135. The molecule has 3 aromatic rings. The van der Waals surface area contributed by atoms with E-state index in [0.29, 0.717) is 18.9 Å². The average Bonchev–Trinajstić information content (AvgIpc) is 3.34. The molecule has 0 spiro atoms. The molecule has 0 unspecified atom stereocenters. The molecule has 1 atom stereocenters. The molecule has 0 aliphatic carbocycles. The van der Waals surface area contributed by atoms with Gasteiger partial charge in [-0.05, 0) is 28.3 Å². The molecular weight excluding hydrogens is 404 g/mol. The molecule has 0 aliphatic rings. The van der Waals surface area contributed by atoms with Gasteiger partial charge in [0.05, 0.1) is 0 Å². The SMILES string of the molecule is CCCCCN(Cc1ccc(-c2ccccc2-c2nn[nH]n2)cc1)C(=O)C[C@H](C)C(N)=O. The van der Waals surface area contributed by atoms with Crippen molar-refractivity contribution in [3.63, 3.8) is 0 Å². The lowest BCUT2D eigenvalue weighted by atomic mass is 9.98. The molecule has 2 aromatic carbocycles. The molecular formula is C24H30N6O2. The van der Waals surface area contributed by atoms with Crippen molar-refractivity contribution in [2.75, 3.05) is 6.54 Å². The standard InChI is InChI=1S/C24H30N6O2/c1-3-4-7-14-30(22(31)15-17(2)23(25)32)16-18-10-12-19(13-11-18)20-8-5-6-9-21(20)24-26-28-29-27-24/h5-6,8-13,17H,3-4,7,14-16H2,1-2H3,(H2,25,32)(H,26,27,28,29)/t17-/m0/s1. The second-order valence-electron chi connectivity index (χ2n) is 8.01. The third-order valence-electron chi connectivity index (χ3n) is 5.50. The number of unbranched alkanes of at least 4 members (excludes halogenated alkanes) is 2. The highest BCUT2D eigenvalue weighted by atomic mass is 16.2. The van der Waals surface area contributed by atoms with Crippen molar-refractivity contribution < 1.29 is 9.59 Å². The molecule has 8 nitrogen and oxygen atoms in total. The minimum atomic E-state index is -0.472. The number of carbonyl (C=O) groups is 2. The number of rotatable bonds is 11. The number of aromatic nitrogens is 4. The highest BCUT2D eigenvalue weighted by molar-refractivity contribution is 5.84. The zero-order valence-corrected chi connectivity index (χ0v) is 18.6. The first kappa shape index (κ1) is 23.1. The van der Waals surface area contributed by atoms with Crippen LogP contribution in [0.1, 0.15) is 45.1 Å². The van der Waals surface area contributed by atoms with Gasteiger partial charge < -0.3 is 10.6 Å². The minimum absolute atomic E-state index is 0.0427. The van der Waals surface area contributed by atoms with Gasteiger partial charge in [-0.15, -0.1) is 10.2 Å². The molecule has 32 heavy (non-hydrogen) atoms. The monoisotopic (exact) mass is 434 g/mol. The number of carbonyl (C=O) groups excluding carboxylic acids is 2. The number of amides is 2. The fourth-order valence-corrected chi connectivity index (χ4v) is 3.55. The van der Waals surface area contributed by atoms with Gasteiger partial charge in [-0.25, -0.2) is 0 Å². The maximum absolute atomic E-state index is 12.8. The van der Waals surface area contributed by atoms with Gasteiger partial charge in [0.1, 0.15) is 0 Å². The summed E-state index contributed by atoms with van der Waals surface area (Å²) in [7, 11) is 0. The van der Waals surface area contributed by atoms with Crippen LogP contribution in [0.2, 0.25) is 0 Å². The maximum Gasteiger partial charge on any atom is 0.223 e. The van der Waals surface area contributed by atoms with Crippen molar-refractivity contribution in [1.82, 2.24) is 25.5 Å². The van der Waals surface area contributed by atoms with E-state index in [2.05, 4.69) is 27.5 Å². The third kappa shape index (κ3) is 6.00. The number of nitrogens with zero attached hydrogens (tertiary/aromatic N) is 4. The predicted molar refractivity (Wildman–Crippen MR) is 123 cm³/mol. The largest absolute Gasteiger partial charge is 0.369 e. The predicted octanol–water partition coefficient (Wildman–Crippen LogP) is 3.56. The van der Waals surface area contributed by atoms with Crippen molar-refractivity contribution in [2.24, 2.45) is 11.7 Å². The van der Waals surface area contributed by atoms with E-state index in [-0.39, 0.29) is 12.3 Å². The lowest BCUT2D eigenvalue weighted by Gasteiger charge is -2.24. The minimum Gasteiger partial charge on any atom is -0.369 e. The quantitative estimate of drug-likeness (QED) is 0.447. The van der Waals surface area contributed by atoms with Gasteiger partial charge in [-0.2, -0.15) is 5.21 Å². The van der Waals surface area contributed by atoms with E-state index in [4.69, 9.17) is 5.73 Å². The van der Waals surface area contributed by atoms with E-state index in [1.54, 1.807) is 6.92 Å². The summed E-state index contributed by atoms with van der Waals surface area (Å²) in [6, 6.07) is 16.0. The number of benzene rings is 2. The van der Waals surface area contributed by atoms with E-state index >= 15 is 0 Å². The van der Waals surface area contributed by atoms with Gasteiger partial charge in [0.25, 0.3) is 0 Å². The fourth-order valence-electron chi connectivity index (χ4n) is 3.55. The van der Waals surface area contributed by atoms with Gasteiger partial charge >= 0.3 is 0 Å². The molecule has 1 heterocycles. The Hall–Kier alpha value is -3.55. The molecule has 3 N–H and O–H groups in total. The number of hydrogen-bond acceptors (Lipinski definition) is 5. The second kappa shape index (κ2) is 11.2. The summed E-state index contributed by atoms with van der Waals surface area (Å²) < 4.78 is 0. The zero-order chi connectivity index (χ0) is 22.9. The van der Waals surface area contributed by atoms with E-state index in [0.717, 1.165) is 41.5 Å². The molecule has 0 aliphatic heterocycles. The highest BCUT2D eigenvalue weighted by Crippen LogP contribution is 2.29. The third-order valence-corrected chi connectivity index (χ3v) is 5.50. The summed E-state index contributed by atoms with van der Waals surface area (Å²) in [4.78, 5) is 26.0. The smallest absolute Gasteiger partial charge is 0.223 e. The molecule has 0 fully saturated rings. The highest BCUT2D eigenvalue weighted by Gasteiger charge is 2.20. The molecule has 0 bridgehead atoms. The fraction of sp³-hybridized carbons (Fsp3) is 0.375. The van der Waals surface area contributed by atoms with Gasteiger partial charge in [0, 0.05) is 31.0 Å². The van der Waals surface area contributed by atoms with Gasteiger partial charge in [-0.3, -0.25) is 9.59 Å². The van der Waals surface area contributed by atoms with Crippen LogP contribution in [-0.4, -0.2) is 43.9 Å². The summed E-state index contributed by atoms with van der Waals surface area (Å²) >= 11 is 0. The van der Waals surface area contributed by atoms with Gasteiger partial charge in [0.15, 0.2) is 0 Å². The maximum atomic E-state index is 12.8. The summed E-state index contributed by atoms with van der Waals surface area (Å²) in [6.45, 7) is 4.99. The summed E-state index contributed by atoms with van der Waals surface area (Å²) in [6.07, 6.45) is 3.20. The molecule has 1 aromatic heterocycles. The Balaban J connectivity index is 1.76. The Kier molecular flexibility index (Phi) is 8.08. The second-order valence-corrected chi connectivity index (χ2v) is 8.01. The first-order chi connectivity index (χ1) is 15.5. The van der Waals surface area contributed by atoms with E-state index in [1.807, 2.05) is 53.4 Å². The first-order valence-corrected chi connectivity index (χ1v) is 11.0. The number of aromatic amines is 1. The van der Waals surface area contributed by atoms with Crippen LogP contribution in [0, 0.1) is 5.92 Å². The van der Waals surface area contributed by atoms with Crippen molar-refractivity contribution in [3.05, 3.63) is 54.1 Å². The molecule has 8 heteroatoms. The van der Waals surface area contributed by atoms with E-state index < -0.39 is 11.8 Å². The van der Waals surface area contributed by atoms with Crippen LogP contribution in [0.5, 0.6) is 0 Å². The number of H-pyrrole nitrogens is 1. The number of primary amides is 1. The van der Waals surface area contributed by atoms with Crippen LogP contribution < -0.4 is 5.73 Å². The number of nitrogens with two attached hydrogens (primary N) is 1. The normalized spacial score (nSPS) is 11.8. The number of nitrogens with one attached hydrogen (secondary N) is 1. The van der Waals surface area contributed by atoms with Gasteiger partial charge in [0.2, 0.25) is 17.6 Å². The Morgan fingerprint density at radius 1 is 1.06 bits per heavy atom. The Morgan fingerprint density at radius 2 is 1.78 bits per heavy atom. The lowest BCUT2D eigenvalue weighted by Crippen LogP contribution is -2.34. The van der Waals surface area contributed by atoms with Crippen LogP contribution in [0.4, 0.5) is 0 Å². The van der Waals surface area contributed by atoms with Crippen LogP contribution in [0.3, 0.4) is 0 Å². The van der Waals surface area contributed by atoms with Gasteiger partial charge in [-0.1, -0.05) is 75.2 Å². The van der Waals surface area contributed by atoms with E-state index in [9.17, 15) is 9.59 Å². The Labute approximate surface area is 188 Å². The molecule has 2 amide bonds. The number of hydrogen-bond donors (Lipinski definition) is 2. The molecule has 0 saturated heterocycles. The molecule has 0 radical (unpaired) electrons. The number of tetrazole rings is 1. The van der Waals surface area contributed by atoms with Crippen LogP contribution in [0.25, 0.3) is 22.5 Å². The van der Waals surface area contributed by atoms with Crippen molar-refractivity contribution in [1.29, 1.82) is 0 Å². The summed E-state index contributed by atoms with van der Waals surface area (Å²) in [5, 5.41) is 14.3. The Bertz CT molecular complexity index is 1020. The molecule has 3 rings (SSSR count). The van der Waals surface area contributed by atoms with Crippen LogP contribution >= 0.6 is 0 Å². The zero-order valence-electron chi connectivity index (χ0n) is 18.6. The van der Waals surface area contributed by atoms with Crippen molar-refractivity contribution >= 4 is 11.8 Å². The topological polar surface area (TPSA) is 118 Å². The molecule has 168 valence electrons. The average molecular weight is 435 g/mol. The van der Waals surface area contributed by atoms with Crippen LogP contribution in [0.15, 0.2) is 48.5 Å². The van der Waals surface area contributed by atoms with Crippen molar-refractivity contribution in [3.8, 4) is 22.5 Å². The Morgan fingerprint density at radius 3 is 2.41 bits per heavy atom. The molecule has 0 saturated carbocycles. The van der Waals surface area contributed by atoms with E-state index in [1.165, 1.54) is 0 Å². The summed E-state index contributed by atoms with van der Waals surface area (Å²) in [5.41, 5.74) is 9.31. The summed E-state index contributed by atoms with van der Waals surface area (Å²) in [5.74, 6) is -0.420. The van der Waals surface area contributed by atoms with Crippen LogP contribution in [-0.2, 0) is 16.1 Å². The first-order valence-electron chi connectivity index (χ1n) is 11.0. The van der Waals surface area contributed by atoms with Crippen molar-refractivity contribution in [2.45, 2.75) is 46.1 Å².